The predicted molar refractivity (Wildman–Crippen MR) is 63.8 cm³/mol. The Balaban J connectivity index is 2.61. The Kier molecular flexibility index (Phi) is 5.69. The normalized spacial score (nSPS) is 11.6. The average molecular weight is 295 g/mol. The molecule has 18 heavy (non-hydrogen) atoms. The van der Waals surface area contributed by atoms with Crippen molar-refractivity contribution in [3.63, 3.8) is 0 Å². The lowest BCUT2D eigenvalue weighted by atomic mass is 10.3. The second-order valence-corrected chi connectivity index (χ2v) is 6.26. The molecule has 9 heteroatoms. The highest BCUT2D eigenvalue weighted by Crippen LogP contribution is 2.21. The fourth-order valence-corrected chi connectivity index (χ4v) is 3.19. The summed E-state index contributed by atoms with van der Waals surface area (Å²) in [4.78, 5) is 17.6. The summed E-state index contributed by atoms with van der Waals surface area (Å²) < 4.78 is 28.1. The van der Waals surface area contributed by atoms with Gasteiger partial charge in [0.05, 0.1) is 19.6 Å². The lowest BCUT2D eigenvalue weighted by molar-refractivity contribution is -0.136. The second kappa shape index (κ2) is 6.81. The van der Waals surface area contributed by atoms with Gasteiger partial charge in [0, 0.05) is 12.0 Å². The van der Waals surface area contributed by atoms with E-state index in [1.165, 1.54) is 19.2 Å². The number of hydrogen-bond acceptors (Lipinski definition) is 6. The molecule has 0 aromatic carbocycles. The zero-order chi connectivity index (χ0) is 13.6. The van der Waals surface area contributed by atoms with E-state index in [-0.39, 0.29) is 23.8 Å². The van der Waals surface area contributed by atoms with Crippen LogP contribution in [0.3, 0.4) is 0 Å². The number of carboxylic acid groups (broad SMARTS) is 1. The molecule has 0 spiro atoms. The van der Waals surface area contributed by atoms with E-state index in [9.17, 15) is 13.2 Å². The number of ether oxygens (including phenoxy) is 1. The molecule has 1 aromatic heterocycles. The summed E-state index contributed by atoms with van der Waals surface area (Å²) in [6.45, 7) is 0.348. The molecular formula is C9H13NO6S2. The first-order valence-corrected chi connectivity index (χ1v) is 7.18. The number of methoxy groups -OCH3 is 1. The van der Waals surface area contributed by atoms with E-state index in [2.05, 4.69) is 4.74 Å². The molecule has 0 fully saturated rings. The van der Waals surface area contributed by atoms with Crippen LogP contribution in [0.5, 0.6) is 0 Å². The van der Waals surface area contributed by atoms with Crippen molar-refractivity contribution in [1.82, 2.24) is 4.89 Å². The Morgan fingerprint density at radius 3 is 2.78 bits per heavy atom. The van der Waals surface area contributed by atoms with Gasteiger partial charge in [-0.15, -0.1) is 11.3 Å². The highest BCUT2D eigenvalue weighted by Gasteiger charge is 2.17. The van der Waals surface area contributed by atoms with E-state index in [4.69, 9.17) is 9.94 Å². The van der Waals surface area contributed by atoms with Crippen LogP contribution >= 0.6 is 11.3 Å². The molecular weight excluding hydrogens is 282 g/mol. The summed E-state index contributed by atoms with van der Waals surface area (Å²) in [5, 5.41) is 8.58. The second-order valence-electron chi connectivity index (χ2n) is 3.22. The third-order valence-corrected chi connectivity index (χ3v) is 4.58. The Labute approximate surface area is 108 Å². The smallest absolute Gasteiger partial charge is 0.308 e. The number of nitrogens with one attached hydrogen (secondary N) is 1. The van der Waals surface area contributed by atoms with Crippen LogP contribution in [-0.4, -0.2) is 39.8 Å². The number of hydrogen-bond donors (Lipinski definition) is 2. The molecule has 0 atom stereocenters. The maximum Gasteiger partial charge on any atom is 0.308 e. The topological polar surface area (TPSA) is 102 Å². The fraction of sp³-hybridized carbons (Fsp3) is 0.444. The van der Waals surface area contributed by atoms with Gasteiger partial charge >= 0.3 is 5.97 Å². The zero-order valence-electron chi connectivity index (χ0n) is 9.58. The van der Waals surface area contributed by atoms with Gasteiger partial charge in [-0.05, 0) is 12.1 Å². The summed E-state index contributed by atoms with van der Waals surface area (Å²) in [7, 11) is -2.29. The minimum Gasteiger partial charge on any atom is -0.481 e. The maximum absolute atomic E-state index is 11.7. The van der Waals surface area contributed by atoms with Gasteiger partial charge in [0.1, 0.15) is 4.21 Å². The molecule has 1 rings (SSSR count). The molecule has 0 aliphatic carbocycles. The lowest BCUT2D eigenvalue weighted by Gasteiger charge is -2.04. The molecule has 0 aliphatic heterocycles. The number of rotatable bonds is 8. The average Bonchev–Trinajstić information content (AvgIpc) is 2.73. The van der Waals surface area contributed by atoms with Crippen molar-refractivity contribution in [1.29, 1.82) is 0 Å². The quantitative estimate of drug-likeness (QED) is 0.526. The third-order valence-electron chi connectivity index (χ3n) is 1.79. The van der Waals surface area contributed by atoms with Crippen LogP contribution < -0.4 is 4.89 Å². The van der Waals surface area contributed by atoms with E-state index in [0.29, 0.717) is 4.88 Å². The van der Waals surface area contributed by atoms with Crippen molar-refractivity contribution < 1.29 is 27.9 Å². The summed E-state index contributed by atoms with van der Waals surface area (Å²) in [6.07, 6.45) is -0.204. The fourth-order valence-electron chi connectivity index (χ4n) is 1.03. The Hall–Kier alpha value is -1.00. The molecule has 7 nitrogen and oxygen atoms in total. The van der Waals surface area contributed by atoms with Gasteiger partial charge in [-0.2, -0.15) is 0 Å². The predicted octanol–water partition coefficient (Wildman–Crippen LogP) is 0.231. The van der Waals surface area contributed by atoms with Crippen molar-refractivity contribution in [2.75, 3.05) is 20.3 Å². The van der Waals surface area contributed by atoms with Gasteiger partial charge in [-0.25, -0.2) is 8.42 Å². The molecule has 102 valence electrons. The molecule has 0 radical (unpaired) electrons. The first-order chi connectivity index (χ1) is 8.45. The van der Waals surface area contributed by atoms with Crippen molar-refractivity contribution in [2.24, 2.45) is 0 Å². The number of sulfonamides is 1. The van der Waals surface area contributed by atoms with Crippen molar-refractivity contribution in [3.05, 3.63) is 17.0 Å². The van der Waals surface area contributed by atoms with Crippen LogP contribution in [0.15, 0.2) is 16.3 Å². The first-order valence-electron chi connectivity index (χ1n) is 4.89. The van der Waals surface area contributed by atoms with Crippen molar-refractivity contribution in [2.45, 2.75) is 10.6 Å². The first kappa shape index (κ1) is 15.1. The summed E-state index contributed by atoms with van der Waals surface area (Å²) in [5.74, 6) is -1.01. The number of carboxylic acids is 1. The van der Waals surface area contributed by atoms with E-state index in [0.717, 1.165) is 11.3 Å². The van der Waals surface area contributed by atoms with Crippen LogP contribution in [-0.2, 0) is 30.8 Å². The van der Waals surface area contributed by atoms with Gasteiger partial charge in [0.2, 0.25) is 0 Å². The van der Waals surface area contributed by atoms with Crippen molar-refractivity contribution in [3.8, 4) is 0 Å². The van der Waals surface area contributed by atoms with Gasteiger partial charge < -0.3 is 9.84 Å². The van der Waals surface area contributed by atoms with Crippen LogP contribution in [0.4, 0.5) is 0 Å². The van der Waals surface area contributed by atoms with Gasteiger partial charge in [0.15, 0.2) is 0 Å². The van der Waals surface area contributed by atoms with Crippen LogP contribution in [0.1, 0.15) is 4.88 Å². The van der Waals surface area contributed by atoms with Gasteiger partial charge in [-0.1, -0.05) is 4.89 Å². The molecule has 2 N–H and O–H groups in total. The van der Waals surface area contributed by atoms with E-state index >= 15 is 0 Å². The molecule has 1 heterocycles. The molecule has 0 bridgehead atoms. The summed E-state index contributed by atoms with van der Waals surface area (Å²) >= 11 is 0.889. The molecule has 0 saturated carbocycles. The largest absolute Gasteiger partial charge is 0.481 e. The zero-order valence-corrected chi connectivity index (χ0v) is 11.2. The van der Waals surface area contributed by atoms with E-state index in [1.54, 1.807) is 0 Å². The Morgan fingerprint density at radius 1 is 1.44 bits per heavy atom. The maximum atomic E-state index is 11.7. The highest BCUT2D eigenvalue weighted by atomic mass is 32.2. The Morgan fingerprint density at radius 2 is 2.17 bits per heavy atom. The number of carbonyl (C=O) groups is 1. The summed E-state index contributed by atoms with van der Waals surface area (Å²) in [6, 6.07) is 2.80. The molecule has 0 unspecified atom stereocenters. The van der Waals surface area contributed by atoms with Crippen LogP contribution in [0.25, 0.3) is 0 Å². The van der Waals surface area contributed by atoms with Gasteiger partial charge in [-0.3, -0.25) is 9.63 Å². The monoisotopic (exact) mass is 295 g/mol. The summed E-state index contributed by atoms with van der Waals surface area (Å²) in [5.41, 5.74) is 0. The van der Waals surface area contributed by atoms with E-state index in [1.807, 2.05) is 4.89 Å². The van der Waals surface area contributed by atoms with Crippen molar-refractivity contribution >= 4 is 27.3 Å². The van der Waals surface area contributed by atoms with Crippen LogP contribution in [0.2, 0.25) is 0 Å². The van der Waals surface area contributed by atoms with Gasteiger partial charge in [0.25, 0.3) is 10.0 Å². The molecule has 1 aromatic rings. The standard InChI is InChI=1S/C9H13NO6S2/c1-15-4-5-16-10-18(13,14)9-3-2-7(17-9)6-8(11)12/h2-3,10H,4-6H2,1H3,(H,11,12). The highest BCUT2D eigenvalue weighted by molar-refractivity contribution is 7.91. The lowest BCUT2D eigenvalue weighted by Crippen LogP contribution is -2.25. The van der Waals surface area contributed by atoms with E-state index < -0.39 is 16.0 Å². The minimum atomic E-state index is -3.76. The molecule has 0 amide bonds. The minimum absolute atomic E-state index is 0.0103. The Bertz CT molecular complexity index is 495. The number of thiophene rings is 1. The van der Waals surface area contributed by atoms with Crippen LogP contribution in [0, 0.1) is 0 Å². The molecule has 0 saturated heterocycles. The SMILES string of the molecule is COCCONS(=O)(=O)c1ccc(CC(=O)O)s1. The number of aliphatic carboxylic acids is 1. The third kappa shape index (κ3) is 4.70. The molecule has 0 aliphatic rings.